The van der Waals surface area contributed by atoms with Gasteiger partial charge in [-0.25, -0.2) is 4.79 Å². The molecule has 0 aromatic carbocycles. The zero-order chi connectivity index (χ0) is 14.8. The van der Waals surface area contributed by atoms with Crippen LogP contribution < -0.4 is 0 Å². The van der Waals surface area contributed by atoms with Crippen LogP contribution in [0.15, 0.2) is 6.07 Å². The van der Waals surface area contributed by atoms with E-state index in [0.717, 1.165) is 31.1 Å². The Morgan fingerprint density at radius 3 is 2.90 bits per heavy atom. The Bertz CT molecular complexity index is 588. The molecular formula is C13H18O5S2. The van der Waals surface area contributed by atoms with Crippen LogP contribution in [0, 0.1) is 5.92 Å². The summed E-state index contributed by atoms with van der Waals surface area (Å²) in [5.74, 6) is -0.0993. The van der Waals surface area contributed by atoms with Gasteiger partial charge in [0, 0.05) is 4.88 Å². The summed E-state index contributed by atoms with van der Waals surface area (Å²) < 4.78 is 31.9. The minimum atomic E-state index is -3.39. The summed E-state index contributed by atoms with van der Waals surface area (Å²) in [6, 6.07) is 1.87. The van der Waals surface area contributed by atoms with Crippen LogP contribution in [-0.4, -0.2) is 33.9 Å². The second-order valence-electron chi connectivity index (χ2n) is 4.88. The van der Waals surface area contributed by atoms with Crippen molar-refractivity contribution in [3.8, 4) is 0 Å². The van der Waals surface area contributed by atoms with Crippen molar-refractivity contribution >= 4 is 27.4 Å². The molecule has 5 nitrogen and oxygen atoms in total. The molecule has 1 aliphatic rings. The van der Waals surface area contributed by atoms with E-state index in [4.69, 9.17) is 8.92 Å². The summed E-state index contributed by atoms with van der Waals surface area (Å²) in [6.07, 6.45) is 3.55. The maximum Gasteiger partial charge on any atom is 0.348 e. The van der Waals surface area contributed by atoms with E-state index in [9.17, 15) is 13.2 Å². The van der Waals surface area contributed by atoms with Gasteiger partial charge in [-0.05, 0) is 43.7 Å². The number of hydrogen-bond acceptors (Lipinski definition) is 6. The number of carbonyl (C=O) groups is 1. The minimum Gasteiger partial charge on any atom is -0.462 e. The summed E-state index contributed by atoms with van der Waals surface area (Å²) in [5.41, 5.74) is 1.12. The Balaban J connectivity index is 2.01. The zero-order valence-electron chi connectivity index (χ0n) is 11.5. The Kier molecular flexibility index (Phi) is 4.82. The SMILES string of the molecule is CCOC(=O)c1cc2c(s1)CCC(COS(C)(=O)=O)C2. The number of ether oxygens (including phenoxy) is 1. The first-order valence-electron chi connectivity index (χ1n) is 6.52. The van der Waals surface area contributed by atoms with E-state index in [-0.39, 0.29) is 18.5 Å². The highest BCUT2D eigenvalue weighted by Crippen LogP contribution is 2.33. The monoisotopic (exact) mass is 318 g/mol. The highest BCUT2D eigenvalue weighted by atomic mass is 32.2. The van der Waals surface area contributed by atoms with Gasteiger partial charge in [0.1, 0.15) is 4.88 Å². The van der Waals surface area contributed by atoms with Crippen LogP contribution >= 0.6 is 11.3 Å². The van der Waals surface area contributed by atoms with Crippen LogP contribution in [0.2, 0.25) is 0 Å². The van der Waals surface area contributed by atoms with E-state index in [1.54, 1.807) is 6.92 Å². The summed E-state index contributed by atoms with van der Waals surface area (Å²) in [4.78, 5) is 13.5. The Morgan fingerprint density at radius 1 is 1.50 bits per heavy atom. The Hall–Kier alpha value is -0.920. The minimum absolute atomic E-state index is 0.182. The third-order valence-electron chi connectivity index (χ3n) is 3.18. The van der Waals surface area contributed by atoms with Crippen molar-refractivity contribution in [3.63, 3.8) is 0 Å². The summed E-state index contributed by atoms with van der Waals surface area (Å²) in [6.45, 7) is 2.36. The third-order valence-corrected chi connectivity index (χ3v) is 4.96. The van der Waals surface area contributed by atoms with Crippen LogP contribution in [0.25, 0.3) is 0 Å². The van der Waals surface area contributed by atoms with Gasteiger partial charge in [0.2, 0.25) is 0 Å². The molecule has 1 aromatic rings. The highest BCUT2D eigenvalue weighted by Gasteiger charge is 2.24. The second kappa shape index (κ2) is 6.24. The van der Waals surface area contributed by atoms with Crippen molar-refractivity contribution in [3.05, 3.63) is 21.4 Å². The van der Waals surface area contributed by atoms with Crippen LogP contribution in [0.4, 0.5) is 0 Å². The molecule has 1 aliphatic carbocycles. The van der Waals surface area contributed by atoms with Gasteiger partial charge in [-0.15, -0.1) is 11.3 Å². The number of rotatable bonds is 5. The maximum atomic E-state index is 11.7. The molecule has 1 unspecified atom stereocenters. The molecule has 0 saturated heterocycles. The molecule has 0 amide bonds. The van der Waals surface area contributed by atoms with Gasteiger partial charge < -0.3 is 4.74 Å². The van der Waals surface area contributed by atoms with E-state index in [1.807, 2.05) is 6.07 Å². The van der Waals surface area contributed by atoms with E-state index in [1.165, 1.54) is 16.2 Å². The first-order chi connectivity index (χ1) is 9.39. The molecule has 0 spiro atoms. The molecular weight excluding hydrogens is 300 g/mol. The van der Waals surface area contributed by atoms with Gasteiger partial charge >= 0.3 is 5.97 Å². The topological polar surface area (TPSA) is 69.7 Å². The lowest BCUT2D eigenvalue weighted by atomic mass is 9.89. The number of hydrogen-bond donors (Lipinski definition) is 0. The van der Waals surface area contributed by atoms with Gasteiger partial charge in [-0.3, -0.25) is 4.18 Å². The fourth-order valence-corrected chi connectivity index (χ4v) is 3.81. The van der Waals surface area contributed by atoms with E-state index in [2.05, 4.69) is 0 Å². The number of carbonyl (C=O) groups excluding carboxylic acids is 1. The molecule has 0 fully saturated rings. The first-order valence-corrected chi connectivity index (χ1v) is 9.15. The molecule has 0 radical (unpaired) electrons. The lowest BCUT2D eigenvalue weighted by Crippen LogP contribution is -2.19. The largest absolute Gasteiger partial charge is 0.462 e. The molecule has 2 rings (SSSR count). The van der Waals surface area contributed by atoms with Crippen molar-refractivity contribution in [1.82, 2.24) is 0 Å². The van der Waals surface area contributed by atoms with Crippen LogP contribution in [0.5, 0.6) is 0 Å². The predicted molar refractivity (Wildman–Crippen MR) is 76.6 cm³/mol. The number of thiophene rings is 1. The van der Waals surface area contributed by atoms with Crippen LogP contribution in [0.1, 0.15) is 33.5 Å². The van der Waals surface area contributed by atoms with Crippen molar-refractivity contribution < 1.29 is 22.1 Å². The summed E-state index contributed by atoms with van der Waals surface area (Å²) in [5, 5.41) is 0. The van der Waals surface area contributed by atoms with Crippen molar-refractivity contribution in [2.24, 2.45) is 5.92 Å². The molecule has 1 heterocycles. The average molecular weight is 318 g/mol. The predicted octanol–water partition coefficient (Wildman–Crippen LogP) is 2.01. The maximum absolute atomic E-state index is 11.7. The van der Waals surface area contributed by atoms with E-state index < -0.39 is 10.1 Å². The second-order valence-corrected chi connectivity index (χ2v) is 7.66. The normalized spacial score (nSPS) is 18.6. The van der Waals surface area contributed by atoms with Gasteiger partial charge in [-0.2, -0.15) is 8.42 Å². The Morgan fingerprint density at radius 2 is 2.25 bits per heavy atom. The zero-order valence-corrected chi connectivity index (χ0v) is 13.2. The lowest BCUT2D eigenvalue weighted by Gasteiger charge is -2.21. The molecule has 1 atom stereocenters. The van der Waals surface area contributed by atoms with Crippen molar-refractivity contribution in [2.45, 2.75) is 26.2 Å². The standard InChI is InChI=1S/C13H18O5S2/c1-3-17-13(14)12-7-10-6-9(4-5-11(10)19-12)8-18-20(2,15)16/h7,9H,3-6,8H2,1-2H3. The van der Waals surface area contributed by atoms with E-state index in [0.29, 0.717) is 11.5 Å². The quantitative estimate of drug-likeness (QED) is 0.613. The van der Waals surface area contributed by atoms with Crippen LogP contribution in [-0.2, 0) is 31.9 Å². The molecule has 7 heteroatoms. The summed E-state index contributed by atoms with van der Waals surface area (Å²) in [7, 11) is -3.39. The smallest absolute Gasteiger partial charge is 0.348 e. The van der Waals surface area contributed by atoms with Crippen molar-refractivity contribution in [1.29, 1.82) is 0 Å². The molecule has 112 valence electrons. The molecule has 0 N–H and O–H groups in total. The van der Waals surface area contributed by atoms with Gasteiger partial charge in [0.15, 0.2) is 0 Å². The number of esters is 1. The third kappa shape index (κ3) is 4.04. The fourth-order valence-electron chi connectivity index (χ4n) is 2.26. The molecule has 0 saturated carbocycles. The molecule has 0 aliphatic heterocycles. The van der Waals surface area contributed by atoms with E-state index >= 15 is 0 Å². The lowest BCUT2D eigenvalue weighted by molar-refractivity contribution is 0.0532. The molecule has 1 aromatic heterocycles. The first kappa shape index (κ1) is 15.5. The van der Waals surface area contributed by atoms with Crippen LogP contribution in [0.3, 0.4) is 0 Å². The molecule has 20 heavy (non-hydrogen) atoms. The van der Waals surface area contributed by atoms with Gasteiger partial charge in [0.05, 0.1) is 19.5 Å². The fraction of sp³-hybridized carbons (Fsp3) is 0.615. The van der Waals surface area contributed by atoms with Crippen molar-refractivity contribution in [2.75, 3.05) is 19.5 Å². The Labute approximate surface area is 123 Å². The number of aryl methyl sites for hydroxylation is 1. The molecule has 0 bridgehead atoms. The van der Waals surface area contributed by atoms with Gasteiger partial charge in [-0.1, -0.05) is 0 Å². The highest BCUT2D eigenvalue weighted by molar-refractivity contribution is 7.85. The average Bonchev–Trinajstić information content (AvgIpc) is 2.78. The summed E-state index contributed by atoms with van der Waals surface area (Å²) >= 11 is 1.48. The number of fused-ring (bicyclic) bond motifs is 1. The van der Waals surface area contributed by atoms with Gasteiger partial charge in [0.25, 0.3) is 10.1 Å².